The summed E-state index contributed by atoms with van der Waals surface area (Å²) in [6, 6.07) is 19.8. The molecule has 8 heteroatoms. The first-order valence-electron chi connectivity index (χ1n) is 11.0. The largest absolute Gasteiger partial charge is 0.468 e. The van der Waals surface area contributed by atoms with E-state index in [0.29, 0.717) is 23.6 Å². The van der Waals surface area contributed by atoms with Gasteiger partial charge < -0.3 is 14.6 Å². The molecule has 35 heavy (non-hydrogen) atoms. The van der Waals surface area contributed by atoms with Crippen molar-refractivity contribution in [2.24, 2.45) is 0 Å². The smallest absolute Gasteiger partial charge is 0.416 e. The Labute approximate surface area is 206 Å². The van der Waals surface area contributed by atoms with E-state index < -0.39 is 23.8 Å². The Morgan fingerprint density at radius 1 is 1.03 bits per heavy atom. The molecule has 0 saturated heterocycles. The molecule has 0 aliphatic rings. The Bertz CT molecular complexity index is 1320. The number of aromatic nitrogens is 1. The maximum Gasteiger partial charge on any atom is 0.416 e. The van der Waals surface area contributed by atoms with Crippen LogP contribution < -0.4 is 5.32 Å². The molecule has 1 atom stereocenters. The number of hydrogen-bond acceptors (Lipinski definition) is 3. The number of methoxy groups -OCH3 is 1. The minimum absolute atomic E-state index is 0.0904. The molecule has 3 aromatic carbocycles. The molecule has 1 aromatic heterocycles. The van der Waals surface area contributed by atoms with E-state index in [1.165, 1.54) is 13.2 Å². The monoisotopic (exact) mass is 500 g/mol. The third kappa shape index (κ3) is 6.05. The first-order valence-corrected chi connectivity index (χ1v) is 11.4. The summed E-state index contributed by atoms with van der Waals surface area (Å²) < 4.78 is 46.3. The molecule has 4 rings (SSSR count). The normalized spacial score (nSPS) is 12.6. The second-order valence-corrected chi connectivity index (χ2v) is 8.72. The average Bonchev–Trinajstić information content (AvgIpc) is 3.19. The Morgan fingerprint density at radius 3 is 2.49 bits per heavy atom. The Balaban J connectivity index is 1.57. The Morgan fingerprint density at radius 2 is 1.77 bits per heavy atom. The number of ether oxygens (including phenoxy) is 1. The van der Waals surface area contributed by atoms with Crippen LogP contribution in [0.4, 0.5) is 13.2 Å². The van der Waals surface area contributed by atoms with Crippen LogP contribution in [0, 0.1) is 0 Å². The van der Waals surface area contributed by atoms with Crippen molar-refractivity contribution in [1.29, 1.82) is 0 Å². The highest BCUT2D eigenvalue weighted by atomic mass is 35.5. The lowest BCUT2D eigenvalue weighted by molar-refractivity contribution is -0.143. The quantitative estimate of drug-likeness (QED) is 0.291. The molecule has 1 unspecified atom stereocenters. The van der Waals surface area contributed by atoms with Crippen LogP contribution in [0.5, 0.6) is 0 Å². The van der Waals surface area contributed by atoms with E-state index in [2.05, 4.69) is 9.88 Å². The number of para-hydroxylation sites is 1. The van der Waals surface area contributed by atoms with Gasteiger partial charge in [-0.15, -0.1) is 0 Å². The van der Waals surface area contributed by atoms with E-state index in [-0.39, 0.29) is 6.54 Å². The molecule has 4 aromatic rings. The molecule has 182 valence electrons. The fourth-order valence-electron chi connectivity index (χ4n) is 4.10. The summed E-state index contributed by atoms with van der Waals surface area (Å²) in [5.41, 5.74) is 2.73. The minimum Gasteiger partial charge on any atom is -0.468 e. The van der Waals surface area contributed by atoms with Crippen molar-refractivity contribution in [2.45, 2.75) is 31.7 Å². The van der Waals surface area contributed by atoms with Gasteiger partial charge in [0.2, 0.25) is 0 Å². The molecule has 0 saturated carbocycles. The molecule has 0 fully saturated rings. The van der Waals surface area contributed by atoms with Crippen molar-refractivity contribution < 1.29 is 22.7 Å². The minimum atomic E-state index is -4.43. The van der Waals surface area contributed by atoms with E-state index in [1.807, 2.05) is 54.7 Å². The van der Waals surface area contributed by atoms with E-state index >= 15 is 0 Å². The van der Waals surface area contributed by atoms with Gasteiger partial charge in [0.1, 0.15) is 6.04 Å². The fourth-order valence-corrected chi connectivity index (χ4v) is 4.23. The maximum atomic E-state index is 13.1. The van der Waals surface area contributed by atoms with Gasteiger partial charge in [-0.05, 0) is 41.0 Å². The fraction of sp³-hybridized carbons (Fsp3) is 0.222. The van der Waals surface area contributed by atoms with Gasteiger partial charge in [-0.25, -0.2) is 0 Å². The number of rotatable bonds is 8. The third-order valence-corrected chi connectivity index (χ3v) is 6.11. The number of carbonyl (C=O) groups excluding carboxylic acids is 1. The summed E-state index contributed by atoms with van der Waals surface area (Å²) in [6.45, 7) is 0.714. The first kappa shape index (κ1) is 24.8. The van der Waals surface area contributed by atoms with Crippen molar-refractivity contribution in [3.05, 3.63) is 106 Å². The van der Waals surface area contributed by atoms with Crippen LogP contribution in [0.15, 0.2) is 79.0 Å². The second-order valence-electron chi connectivity index (χ2n) is 8.28. The van der Waals surface area contributed by atoms with Crippen LogP contribution in [0.2, 0.25) is 5.02 Å². The standard InChI is InChI=1S/C27H24ClF3N2O2/c1-35-26(34)24(32-15-19-5-4-6-21(13-19)27(29,30)31)14-20-17-33(25-8-3-2-7-23(20)25)16-18-9-11-22(28)12-10-18/h2-13,17,24,32H,14-16H2,1H3. The average molecular weight is 501 g/mol. The van der Waals surface area contributed by atoms with E-state index in [0.717, 1.165) is 34.2 Å². The van der Waals surface area contributed by atoms with Crippen LogP contribution in [0.1, 0.15) is 22.3 Å². The molecule has 0 amide bonds. The highest BCUT2D eigenvalue weighted by molar-refractivity contribution is 6.30. The van der Waals surface area contributed by atoms with Gasteiger partial charge in [0.25, 0.3) is 0 Å². The number of esters is 1. The molecule has 0 radical (unpaired) electrons. The van der Waals surface area contributed by atoms with Gasteiger partial charge in [-0.3, -0.25) is 4.79 Å². The van der Waals surface area contributed by atoms with Crippen LogP contribution in [0.3, 0.4) is 0 Å². The highest BCUT2D eigenvalue weighted by Crippen LogP contribution is 2.29. The lowest BCUT2D eigenvalue weighted by Crippen LogP contribution is -2.39. The van der Waals surface area contributed by atoms with Crippen LogP contribution in [-0.2, 0) is 35.2 Å². The zero-order chi connectivity index (χ0) is 25.0. The van der Waals surface area contributed by atoms with Crippen molar-refractivity contribution in [3.63, 3.8) is 0 Å². The number of fused-ring (bicyclic) bond motifs is 1. The lowest BCUT2D eigenvalue weighted by atomic mass is 10.0. The molecule has 4 nitrogen and oxygen atoms in total. The summed E-state index contributed by atoms with van der Waals surface area (Å²) in [5.74, 6) is -0.480. The molecule has 0 bridgehead atoms. The van der Waals surface area contributed by atoms with Crippen molar-refractivity contribution in [3.8, 4) is 0 Å². The summed E-state index contributed by atoms with van der Waals surface area (Å²) in [4.78, 5) is 12.5. The van der Waals surface area contributed by atoms with Crippen LogP contribution in [0.25, 0.3) is 10.9 Å². The summed E-state index contributed by atoms with van der Waals surface area (Å²) in [7, 11) is 1.30. The molecule has 0 spiro atoms. The number of halogens is 4. The van der Waals surface area contributed by atoms with Crippen LogP contribution >= 0.6 is 11.6 Å². The zero-order valence-electron chi connectivity index (χ0n) is 19.0. The van der Waals surface area contributed by atoms with Gasteiger partial charge in [-0.2, -0.15) is 13.2 Å². The number of carbonyl (C=O) groups is 1. The topological polar surface area (TPSA) is 43.3 Å². The predicted octanol–water partition coefficient (Wildman–Crippen LogP) is 6.24. The SMILES string of the molecule is COC(=O)C(Cc1cn(Cc2ccc(Cl)cc2)c2ccccc12)NCc1cccc(C(F)(F)F)c1. The number of alkyl halides is 3. The molecular formula is C27H24ClF3N2O2. The van der Waals surface area contributed by atoms with E-state index in [1.54, 1.807) is 6.07 Å². The highest BCUT2D eigenvalue weighted by Gasteiger charge is 2.30. The number of hydrogen-bond donors (Lipinski definition) is 1. The first-order chi connectivity index (χ1) is 16.7. The molecule has 0 aliphatic heterocycles. The van der Waals surface area contributed by atoms with Gasteiger partial charge in [0, 0.05) is 41.6 Å². The zero-order valence-corrected chi connectivity index (χ0v) is 19.7. The Hall–Kier alpha value is -3.29. The summed E-state index contributed by atoms with van der Waals surface area (Å²) in [5, 5.41) is 4.74. The summed E-state index contributed by atoms with van der Waals surface area (Å²) in [6.07, 6.45) is -2.11. The molecular weight excluding hydrogens is 477 g/mol. The van der Waals surface area contributed by atoms with Gasteiger partial charge in [0.15, 0.2) is 0 Å². The molecule has 1 heterocycles. The molecule has 1 N–H and O–H groups in total. The van der Waals surface area contributed by atoms with Crippen molar-refractivity contribution >= 4 is 28.5 Å². The van der Waals surface area contributed by atoms with Crippen LogP contribution in [-0.4, -0.2) is 23.7 Å². The number of benzene rings is 3. The predicted molar refractivity (Wildman–Crippen MR) is 130 cm³/mol. The van der Waals surface area contributed by atoms with Gasteiger partial charge in [0.05, 0.1) is 12.7 Å². The second kappa shape index (κ2) is 10.5. The number of nitrogens with zero attached hydrogens (tertiary/aromatic N) is 1. The summed E-state index contributed by atoms with van der Waals surface area (Å²) >= 11 is 6.01. The maximum absolute atomic E-state index is 13.1. The Kier molecular flexibility index (Phi) is 7.48. The lowest BCUT2D eigenvalue weighted by Gasteiger charge is -2.17. The van der Waals surface area contributed by atoms with Gasteiger partial charge >= 0.3 is 12.1 Å². The number of nitrogens with one attached hydrogen (secondary N) is 1. The van der Waals surface area contributed by atoms with E-state index in [9.17, 15) is 18.0 Å². The van der Waals surface area contributed by atoms with E-state index in [4.69, 9.17) is 16.3 Å². The van der Waals surface area contributed by atoms with Crippen molar-refractivity contribution in [2.75, 3.05) is 7.11 Å². The van der Waals surface area contributed by atoms with Gasteiger partial charge in [-0.1, -0.05) is 60.1 Å². The van der Waals surface area contributed by atoms with Crippen molar-refractivity contribution in [1.82, 2.24) is 9.88 Å². The third-order valence-electron chi connectivity index (χ3n) is 5.85. The molecule has 0 aliphatic carbocycles.